The molecule has 0 spiro atoms. The summed E-state index contributed by atoms with van der Waals surface area (Å²) in [5.41, 5.74) is 1.09. The second-order valence-corrected chi connectivity index (χ2v) is 4.95. The molecule has 4 heteroatoms. The predicted octanol–water partition coefficient (Wildman–Crippen LogP) is 1.51. The van der Waals surface area contributed by atoms with E-state index < -0.39 is 0 Å². The van der Waals surface area contributed by atoms with Crippen molar-refractivity contribution in [3.63, 3.8) is 0 Å². The minimum atomic E-state index is -0.136. The number of hydrogen-bond acceptors (Lipinski definition) is 3. The van der Waals surface area contributed by atoms with E-state index >= 15 is 0 Å². The highest BCUT2D eigenvalue weighted by molar-refractivity contribution is 5.79. The topological polar surface area (TPSA) is 58.6 Å². The highest BCUT2D eigenvalue weighted by Crippen LogP contribution is 2.26. The Kier molecular flexibility index (Phi) is 4.80. The number of nitrogens with one attached hydrogen (secondary N) is 1. The van der Waals surface area contributed by atoms with E-state index in [1.54, 1.807) is 0 Å². The summed E-state index contributed by atoms with van der Waals surface area (Å²) in [5, 5.41) is 11.9. The summed E-state index contributed by atoms with van der Waals surface area (Å²) < 4.78 is 5.62. The van der Waals surface area contributed by atoms with Gasteiger partial charge in [0.15, 0.2) is 0 Å². The van der Waals surface area contributed by atoms with E-state index in [2.05, 4.69) is 5.32 Å². The fourth-order valence-corrected chi connectivity index (χ4v) is 2.35. The van der Waals surface area contributed by atoms with Crippen molar-refractivity contribution in [2.75, 3.05) is 13.2 Å². The van der Waals surface area contributed by atoms with Crippen molar-refractivity contribution >= 4 is 5.91 Å². The number of hydrogen-bond donors (Lipinski definition) is 2. The maximum atomic E-state index is 12.2. The second-order valence-electron chi connectivity index (χ2n) is 4.95. The Labute approximate surface area is 113 Å². The fraction of sp³-hybridized carbons (Fsp3) is 0.533. The molecule has 0 saturated carbocycles. The lowest BCUT2D eigenvalue weighted by Crippen LogP contribution is -2.42. The maximum absolute atomic E-state index is 12.2. The van der Waals surface area contributed by atoms with E-state index in [-0.39, 0.29) is 24.5 Å². The highest BCUT2D eigenvalue weighted by atomic mass is 16.5. The van der Waals surface area contributed by atoms with Gasteiger partial charge in [0.2, 0.25) is 5.91 Å². The van der Waals surface area contributed by atoms with Gasteiger partial charge in [-0.3, -0.25) is 4.79 Å². The zero-order chi connectivity index (χ0) is 13.7. The molecule has 104 valence electrons. The van der Waals surface area contributed by atoms with Gasteiger partial charge in [0.1, 0.15) is 12.4 Å². The SMILES string of the molecule is CCC(CCO)NC(=O)C1COc2ccccc2C1. The van der Waals surface area contributed by atoms with Crippen LogP contribution in [0.25, 0.3) is 0 Å². The van der Waals surface area contributed by atoms with Gasteiger partial charge in [-0.1, -0.05) is 25.1 Å². The molecule has 2 rings (SSSR count). The molecule has 4 nitrogen and oxygen atoms in total. The molecule has 2 atom stereocenters. The average Bonchev–Trinajstić information content (AvgIpc) is 2.46. The number of carbonyl (C=O) groups is 1. The standard InChI is InChI=1S/C15H21NO3/c1-2-13(7-8-17)16-15(18)12-9-11-5-3-4-6-14(11)19-10-12/h3-6,12-13,17H,2,7-10H2,1H3,(H,16,18). The van der Waals surface area contributed by atoms with Crippen molar-refractivity contribution in [1.82, 2.24) is 5.32 Å². The van der Waals surface area contributed by atoms with Crippen LogP contribution in [0.2, 0.25) is 0 Å². The highest BCUT2D eigenvalue weighted by Gasteiger charge is 2.26. The second kappa shape index (κ2) is 6.57. The van der Waals surface area contributed by atoms with E-state index in [4.69, 9.17) is 9.84 Å². The molecule has 1 aromatic rings. The Morgan fingerprint density at radius 3 is 3.05 bits per heavy atom. The smallest absolute Gasteiger partial charge is 0.227 e. The van der Waals surface area contributed by atoms with Crippen molar-refractivity contribution in [3.05, 3.63) is 29.8 Å². The lowest BCUT2D eigenvalue weighted by molar-refractivity contribution is -0.127. The normalized spacial score (nSPS) is 19.2. The summed E-state index contributed by atoms with van der Waals surface area (Å²) in [7, 11) is 0. The van der Waals surface area contributed by atoms with Gasteiger partial charge >= 0.3 is 0 Å². The first-order valence-electron chi connectivity index (χ1n) is 6.86. The third-order valence-electron chi connectivity index (χ3n) is 3.57. The molecule has 1 aliphatic rings. The fourth-order valence-electron chi connectivity index (χ4n) is 2.35. The number of amides is 1. The zero-order valence-electron chi connectivity index (χ0n) is 11.3. The van der Waals surface area contributed by atoms with Crippen molar-refractivity contribution in [1.29, 1.82) is 0 Å². The van der Waals surface area contributed by atoms with Crippen LogP contribution in [0.3, 0.4) is 0 Å². The summed E-state index contributed by atoms with van der Waals surface area (Å²) in [6.07, 6.45) is 2.15. The van der Waals surface area contributed by atoms with Crippen molar-refractivity contribution < 1.29 is 14.6 Å². The van der Waals surface area contributed by atoms with Crippen LogP contribution in [0.1, 0.15) is 25.3 Å². The van der Waals surface area contributed by atoms with Gasteiger partial charge in [-0.05, 0) is 30.9 Å². The third-order valence-corrected chi connectivity index (χ3v) is 3.57. The largest absolute Gasteiger partial charge is 0.492 e. The number of ether oxygens (including phenoxy) is 1. The molecule has 1 amide bonds. The molecule has 0 saturated heterocycles. The van der Waals surface area contributed by atoms with Crippen LogP contribution in [0, 0.1) is 5.92 Å². The van der Waals surface area contributed by atoms with Crippen molar-refractivity contribution in [3.8, 4) is 5.75 Å². The number of aliphatic hydroxyl groups is 1. The third kappa shape index (κ3) is 3.47. The molecule has 2 N–H and O–H groups in total. The molecule has 19 heavy (non-hydrogen) atoms. The molecular weight excluding hydrogens is 242 g/mol. The first-order valence-corrected chi connectivity index (χ1v) is 6.86. The molecule has 0 radical (unpaired) electrons. The number of benzene rings is 1. The Morgan fingerprint density at radius 1 is 1.53 bits per heavy atom. The lowest BCUT2D eigenvalue weighted by atomic mass is 9.95. The number of carbonyl (C=O) groups excluding carboxylic acids is 1. The van der Waals surface area contributed by atoms with Gasteiger partial charge in [-0.15, -0.1) is 0 Å². The Morgan fingerprint density at radius 2 is 2.32 bits per heavy atom. The van der Waals surface area contributed by atoms with Crippen LogP contribution in [0.4, 0.5) is 0 Å². The van der Waals surface area contributed by atoms with E-state index in [9.17, 15) is 4.79 Å². The van der Waals surface area contributed by atoms with Crippen LogP contribution in [0.5, 0.6) is 5.75 Å². The molecule has 0 aliphatic carbocycles. The van der Waals surface area contributed by atoms with E-state index in [1.807, 2.05) is 31.2 Å². The van der Waals surface area contributed by atoms with Crippen LogP contribution >= 0.6 is 0 Å². The first-order chi connectivity index (χ1) is 9.24. The van der Waals surface area contributed by atoms with Gasteiger partial charge < -0.3 is 15.2 Å². The molecule has 1 heterocycles. The Balaban J connectivity index is 1.95. The molecule has 0 aromatic heterocycles. The van der Waals surface area contributed by atoms with Gasteiger partial charge in [-0.2, -0.15) is 0 Å². The number of rotatable bonds is 5. The van der Waals surface area contributed by atoms with E-state index in [0.29, 0.717) is 13.0 Å². The maximum Gasteiger partial charge on any atom is 0.227 e. The first kappa shape index (κ1) is 13.9. The molecule has 1 aliphatic heterocycles. The quantitative estimate of drug-likeness (QED) is 0.846. The number of aliphatic hydroxyl groups excluding tert-OH is 1. The summed E-state index contributed by atoms with van der Waals surface area (Å²) in [4.78, 5) is 12.2. The van der Waals surface area contributed by atoms with Crippen molar-refractivity contribution in [2.45, 2.75) is 32.2 Å². The summed E-state index contributed by atoms with van der Waals surface area (Å²) in [5.74, 6) is 0.770. The summed E-state index contributed by atoms with van der Waals surface area (Å²) >= 11 is 0. The number of fused-ring (bicyclic) bond motifs is 1. The summed E-state index contributed by atoms with van der Waals surface area (Å²) in [6.45, 7) is 2.54. The molecule has 2 unspecified atom stereocenters. The molecular formula is C15H21NO3. The van der Waals surface area contributed by atoms with Crippen LogP contribution in [-0.4, -0.2) is 30.3 Å². The lowest BCUT2D eigenvalue weighted by Gasteiger charge is -2.26. The molecule has 0 fully saturated rings. The summed E-state index contributed by atoms with van der Waals surface area (Å²) in [6, 6.07) is 7.88. The van der Waals surface area contributed by atoms with Gasteiger partial charge in [-0.25, -0.2) is 0 Å². The van der Waals surface area contributed by atoms with E-state index in [0.717, 1.165) is 24.2 Å². The minimum absolute atomic E-state index is 0.0230. The minimum Gasteiger partial charge on any atom is -0.492 e. The average molecular weight is 263 g/mol. The number of para-hydroxylation sites is 1. The van der Waals surface area contributed by atoms with Gasteiger partial charge in [0.25, 0.3) is 0 Å². The monoisotopic (exact) mass is 263 g/mol. The predicted molar refractivity (Wildman–Crippen MR) is 73.1 cm³/mol. The zero-order valence-corrected chi connectivity index (χ0v) is 11.3. The molecule has 0 bridgehead atoms. The van der Waals surface area contributed by atoms with Crippen molar-refractivity contribution in [2.24, 2.45) is 5.92 Å². The van der Waals surface area contributed by atoms with Crippen LogP contribution in [-0.2, 0) is 11.2 Å². The Hall–Kier alpha value is -1.55. The molecule has 1 aromatic carbocycles. The van der Waals surface area contributed by atoms with Crippen LogP contribution in [0.15, 0.2) is 24.3 Å². The van der Waals surface area contributed by atoms with Crippen LogP contribution < -0.4 is 10.1 Å². The van der Waals surface area contributed by atoms with Gasteiger partial charge in [0, 0.05) is 12.6 Å². The van der Waals surface area contributed by atoms with E-state index in [1.165, 1.54) is 0 Å². The van der Waals surface area contributed by atoms with Gasteiger partial charge in [0.05, 0.1) is 5.92 Å². The Bertz CT molecular complexity index is 433.